The first-order valence-electron chi connectivity index (χ1n) is 8.56. The van der Waals surface area contributed by atoms with Crippen LogP contribution in [0.1, 0.15) is 61.3 Å². The van der Waals surface area contributed by atoms with Crippen LogP contribution < -0.4 is 14.4 Å². The molecule has 0 aromatic heterocycles. The first-order valence-corrected chi connectivity index (χ1v) is 11.9. The SMILES string of the molecule is CCC(C)O.CCC(C)O.CCO[Si]([O-])(OCC)OCC.[Al+3].[O-][Si]([O-])(O)O. The van der Waals surface area contributed by atoms with E-state index in [9.17, 15) is 4.80 Å². The van der Waals surface area contributed by atoms with E-state index >= 15 is 0 Å². The van der Waals surface area contributed by atoms with E-state index in [4.69, 9.17) is 42.7 Å². The third kappa shape index (κ3) is 58.4. The van der Waals surface area contributed by atoms with E-state index in [1.807, 2.05) is 13.8 Å². The van der Waals surface area contributed by atoms with Crippen LogP contribution >= 0.6 is 0 Å². The minimum atomic E-state index is -5.11. The van der Waals surface area contributed by atoms with Gasteiger partial charge in [-0.15, -0.1) is 0 Å². The largest absolute Gasteiger partial charge is 3.00 e. The molecule has 0 saturated heterocycles. The zero-order valence-electron chi connectivity index (χ0n) is 17.5. The predicted octanol–water partition coefficient (Wildman–Crippen LogP) is -2.81. The van der Waals surface area contributed by atoms with Gasteiger partial charge in [0.1, 0.15) is 9.05 Å². The fourth-order valence-corrected chi connectivity index (χ4v) is 1.97. The fraction of sp³-hybridized carbons (Fsp3) is 1.00. The number of aliphatic hydroxyl groups is 2. The summed E-state index contributed by atoms with van der Waals surface area (Å²) in [5, 5.41) is 16.7. The summed E-state index contributed by atoms with van der Waals surface area (Å²) in [5.74, 6) is 0. The summed E-state index contributed by atoms with van der Waals surface area (Å²) in [6, 6.07) is 0. The van der Waals surface area contributed by atoms with Gasteiger partial charge in [-0.1, -0.05) is 13.8 Å². The molecule has 4 N–H and O–H groups in total. The molecular formula is C14H37AlO10Si2. The Morgan fingerprint density at radius 1 is 0.704 bits per heavy atom. The van der Waals surface area contributed by atoms with Crippen molar-refractivity contribution >= 4 is 35.5 Å². The van der Waals surface area contributed by atoms with Gasteiger partial charge >= 0.3 is 26.4 Å². The summed E-state index contributed by atoms with van der Waals surface area (Å²) in [5.41, 5.74) is 0. The quantitative estimate of drug-likeness (QED) is 0.283. The topological polar surface area (TPSA) is 178 Å². The molecule has 10 nitrogen and oxygen atoms in total. The van der Waals surface area contributed by atoms with Crippen molar-refractivity contribution in [1.82, 2.24) is 0 Å². The Balaban J connectivity index is -0.0000000858. The van der Waals surface area contributed by atoms with Gasteiger partial charge in [0.05, 0.1) is 12.2 Å². The molecule has 0 aromatic rings. The fourth-order valence-electron chi connectivity index (χ4n) is 0.655. The second kappa shape index (κ2) is 24.6. The van der Waals surface area contributed by atoms with E-state index in [0.717, 1.165) is 12.8 Å². The van der Waals surface area contributed by atoms with Crippen molar-refractivity contribution in [1.29, 1.82) is 0 Å². The van der Waals surface area contributed by atoms with E-state index in [0.29, 0.717) is 19.8 Å². The maximum atomic E-state index is 11.4. The van der Waals surface area contributed by atoms with Crippen LogP contribution in [0.4, 0.5) is 0 Å². The Kier molecular flexibility index (Phi) is 34.8. The van der Waals surface area contributed by atoms with E-state index < -0.39 is 18.1 Å². The number of hydrogen-bond donors (Lipinski definition) is 4. The molecule has 27 heavy (non-hydrogen) atoms. The van der Waals surface area contributed by atoms with Crippen LogP contribution in [0.25, 0.3) is 0 Å². The average Bonchev–Trinajstić information content (AvgIpc) is 2.47. The second-order valence-electron chi connectivity index (χ2n) is 4.86. The molecule has 0 fully saturated rings. The zero-order chi connectivity index (χ0) is 21.8. The van der Waals surface area contributed by atoms with Crippen molar-refractivity contribution < 1.29 is 47.5 Å². The Morgan fingerprint density at radius 2 is 0.852 bits per heavy atom. The van der Waals surface area contributed by atoms with Crippen LogP contribution in [-0.4, -0.2) is 87.3 Å². The molecular weight excluding hydrogens is 411 g/mol. The van der Waals surface area contributed by atoms with E-state index in [1.54, 1.807) is 34.6 Å². The van der Waals surface area contributed by atoms with Crippen LogP contribution in [0.3, 0.4) is 0 Å². The molecule has 0 radical (unpaired) electrons. The van der Waals surface area contributed by atoms with Gasteiger partial charge in [0.15, 0.2) is 0 Å². The van der Waals surface area contributed by atoms with Gasteiger partial charge in [0.2, 0.25) is 0 Å². The summed E-state index contributed by atoms with van der Waals surface area (Å²) >= 11 is 0. The number of aliphatic hydroxyl groups excluding tert-OH is 2. The second-order valence-corrected chi connectivity index (χ2v) is 7.83. The van der Waals surface area contributed by atoms with Crippen molar-refractivity contribution in [2.45, 2.75) is 73.5 Å². The van der Waals surface area contributed by atoms with Crippen LogP contribution in [0, 0.1) is 0 Å². The predicted molar refractivity (Wildman–Crippen MR) is 101 cm³/mol. The van der Waals surface area contributed by atoms with E-state index in [1.165, 1.54) is 0 Å². The third-order valence-electron chi connectivity index (χ3n) is 2.14. The van der Waals surface area contributed by atoms with Crippen molar-refractivity contribution in [3.63, 3.8) is 0 Å². The summed E-state index contributed by atoms with van der Waals surface area (Å²) in [4.78, 5) is 43.2. The minimum absolute atomic E-state index is 0. The van der Waals surface area contributed by atoms with Crippen molar-refractivity contribution in [2.75, 3.05) is 19.8 Å². The van der Waals surface area contributed by atoms with Crippen LogP contribution in [0.15, 0.2) is 0 Å². The molecule has 0 aromatic carbocycles. The third-order valence-corrected chi connectivity index (χ3v) is 4.07. The summed E-state index contributed by atoms with van der Waals surface area (Å²) < 4.78 is 14.5. The summed E-state index contributed by atoms with van der Waals surface area (Å²) in [7, 11) is -8.61. The van der Waals surface area contributed by atoms with Gasteiger partial charge in [-0.3, -0.25) is 0 Å². The molecule has 0 heterocycles. The molecule has 0 aliphatic carbocycles. The van der Waals surface area contributed by atoms with Crippen molar-refractivity contribution in [3.8, 4) is 0 Å². The average molecular weight is 449 g/mol. The Morgan fingerprint density at radius 3 is 0.926 bits per heavy atom. The van der Waals surface area contributed by atoms with Gasteiger partial charge in [-0.25, -0.2) is 0 Å². The molecule has 2 atom stereocenters. The first-order chi connectivity index (χ1) is 11.7. The molecule has 0 rings (SSSR count). The monoisotopic (exact) mass is 448 g/mol. The standard InChI is InChI=1S/C6H15O4Si.2C4H10O.Al.H2O4Si/c1-4-8-11(7,9-5-2)10-6-3;2*1-3-4(2)5;;1-5(2,3)4/h4-6H2,1-3H3;2*4-5H,3H2,1-2H3;;1-2H/q-1;;;+3;-2. The summed E-state index contributed by atoms with van der Waals surface area (Å²) in [6.45, 7) is 13.7. The van der Waals surface area contributed by atoms with E-state index in [2.05, 4.69) is 0 Å². The summed E-state index contributed by atoms with van der Waals surface area (Å²) in [6.07, 6.45) is 1.49. The molecule has 0 aliphatic heterocycles. The number of rotatable bonds is 8. The Labute approximate surface area is 176 Å². The zero-order valence-corrected chi connectivity index (χ0v) is 20.7. The molecule has 0 amide bonds. The molecule has 0 spiro atoms. The first kappa shape index (κ1) is 38.2. The van der Waals surface area contributed by atoms with Gasteiger partial charge in [0, 0.05) is 19.8 Å². The normalized spacial score (nSPS) is 12.7. The molecule has 0 aliphatic rings. The van der Waals surface area contributed by atoms with Crippen LogP contribution in [0.5, 0.6) is 0 Å². The van der Waals surface area contributed by atoms with E-state index in [-0.39, 0.29) is 29.6 Å². The molecule has 2 unspecified atom stereocenters. The van der Waals surface area contributed by atoms with Crippen LogP contribution in [0.2, 0.25) is 0 Å². The van der Waals surface area contributed by atoms with Gasteiger partial charge in [-0.2, -0.15) is 0 Å². The Hall–Kier alpha value is 0.566. The molecule has 0 bridgehead atoms. The smallest absolute Gasteiger partial charge is 0.828 e. The van der Waals surface area contributed by atoms with Crippen molar-refractivity contribution in [3.05, 3.63) is 0 Å². The maximum absolute atomic E-state index is 11.4. The van der Waals surface area contributed by atoms with Crippen molar-refractivity contribution in [2.24, 2.45) is 0 Å². The van der Waals surface area contributed by atoms with Gasteiger partial charge in [0.25, 0.3) is 0 Å². The number of hydrogen-bond acceptors (Lipinski definition) is 10. The molecule has 0 saturated carbocycles. The van der Waals surface area contributed by atoms with Gasteiger partial charge in [-0.05, 0) is 47.5 Å². The molecule has 13 heteroatoms. The maximum Gasteiger partial charge on any atom is 3.00 e. The minimum Gasteiger partial charge on any atom is -0.828 e. The van der Waals surface area contributed by atoms with Crippen LogP contribution in [-0.2, 0) is 13.3 Å². The Bertz CT molecular complexity index is 238. The molecule has 164 valence electrons. The van der Waals surface area contributed by atoms with Gasteiger partial charge < -0.3 is 47.5 Å².